The highest BCUT2D eigenvalue weighted by molar-refractivity contribution is 5.61. The lowest BCUT2D eigenvalue weighted by molar-refractivity contribution is 0.571. The number of hydrogen-bond acceptors (Lipinski definition) is 2. The second-order valence-electron chi connectivity index (χ2n) is 5.28. The second kappa shape index (κ2) is 5.63. The average Bonchev–Trinajstić information content (AvgIpc) is 2.94. The second-order valence-corrected chi connectivity index (χ2v) is 5.28. The number of nitrogens with one attached hydrogen (secondary N) is 2. The molecule has 2 N–H and O–H groups in total. The molecule has 1 atom stereocenters. The predicted octanol–water partition coefficient (Wildman–Crippen LogP) is 3.64. The SMILES string of the molecule is CC(NCc1cccc2c1NCC2)c1ccc(F)cc1. The molecule has 3 heteroatoms. The molecule has 0 amide bonds. The Morgan fingerprint density at radius 1 is 1.20 bits per heavy atom. The van der Waals surface area contributed by atoms with Crippen LogP contribution in [0.15, 0.2) is 42.5 Å². The van der Waals surface area contributed by atoms with Crippen molar-refractivity contribution < 1.29 is 4.39 Å². The zero-order chi connectivity index (χ0) is 13.9. The van der Waals surface area contributed by atoms with Crippen molar-refractivity contribution in [1.29, 1.82) is 0 Å². The van der Waals surface area contributed by atoms with Gasteiger partial charge in [-0.25, -0.2) is 4.39 Å². The molecule has 0 bridgehead atoms. The van der Waals surface area contributed by atoms with Crippen molar-refractivity contribution in [3.05, 3.63) is 65.0 Å². The topological polar surface area (TPSA) is 24.1 Å². The standard InChI is InChI=1S/C17H19FN2/c1-12(13-5-7-16(18)8-6-13)20-11-15-4-2-3-14-9-10-19-17(14)15/h2-8,12,19-20H,9-11H2,1H3. The molecule has 104 valence electrons. The highest BCUT2D eigenvalue weighted by atomic mass is 19.1. The molecule has 0 saturated carbocycles. The average molecular weight is 270 g/mol. The molecule has 2 aromatic rings. The van der Waals surface area contributed by atoms with Gasteiger partial charge in [0.25, 0.3) is 0 Å². The van der Waals surface area contributed by atoms with Crippen molar-refractivity contribution in [3.8, 4) is 0 Å². The van der Waals surface area contributed by atoms with Crippen LogP contribution in [0.5, 0.6) is 0 Å². The van der Waals surface area contributed by atoms with Crippen LogP contribution in [0.3, 0.4) is 0 Å². The van der Waals surface area contributed by atoms with Gasteiger partial charge in [-0.15, -0.1) is 0 Å². The summed E-state index contributed by atoms with van der Waals surface area (Å²) in [6.07, 6.45) is 1.11. The van der Waals surface area contributed by atoms with Crippen LogP contribution in [0.25, 0.3) is 0 Å². The van der Waals surface area contributed by atoms with Crippen molar-refractivity contribution in [2.45, 2.75) is 25.9 Å². The van der Waals surface area contributed by atoms with Gasteiger partial charge >= 0.3 is 0 Å². The van der Waals surface area contributed by atoms with E-state index in [1.807, 2.05) is 12.1 Å². The molecule has 3 rings (SSSR count). The van der Waals surface area contributed by atoms with E-state index in [1.165, 1.54) is 28.9 Å². The van der Waals surface area contributed by atoms with Crippen LogP contribution in [-0.4, -0.2) is 6.54 Å². The number of benzene rings is 2. The summed E-state index contributed by atoms with van der Waals surface area (Å²) in [5, 5.41) is 6.95. The number of rotatable bonds is 4. The summed E-state index contributed by atoms with van der Waals surface area (Å²) in [4.78, 5) is 0. The van der Waals surface area contributed by atoms with Crippen molar-refractivity contribution in [2.24, 2.45) is 0 Å². The molecule has 1 aliphatic rings. The van der Waals surface area contributed by atoms with Gasteiger partial charge in [-0.05, 0) is 42.2 Å². The third-order valence-electron chi connectivity index (χ3n) is 3.90. The van der Waals surface area contributed by atoms with Gasteiger partial charge in [-0.2, -0.15) is 0 Å². The fourth-order valence-electron chi connectivity index (χ4n) is 2.69. The summed E-state index contributed by atoms with van der Waals surface area (Å²) in [7, 11) is 0. The van der Waals surface area contributed by atoms with Gasteiger partial charge in [0.05, 0.1) is 0 Å². The first kappa shape index (κ1) is 13.1. The first-order valence-electron chi connectivity index (χ1n) is 7.07. The molecule has 1 aliphatic heterocycles. The molecule has 0 aromatic heterocycles. The fourth-order valence-corrected chi connectivity index (χ4v) is 2.69. The zero-order valence-electron chi connectivity index (χ0n) is 11.6. The van der Waals surface area contributed by atoms with Crippen LogP contribution < -0.4 is 10.6 Å². The Labute approximate surface area is 119 Å². The van der Waals surface area contributed by atoms with Gasteiger partial charge in [-0.1, -0.05) is 30.3 Å². The van der Waals surface area contributed by atoms with E-state index in [4.69, 9.17) is 0 Å². The Balaban J connectivity index is 1.68. The summed E-state index contributed by atoms with van der Waals surface area (Å²) in [6, 6.07) is 13.3. The van der Waals surface area contributed by atoms with Crippen LogP contribution in [0.2, 0.25) is 0 Å². The maximum Gasteiger partial charge on any atom is 0.123 e. The van der Waals surface area contributed by atoms with E-state index in [0.29, 0.717) is 0 Å². The Kier molecular flexibility index (Phi) is 3.70. The molecular weight excluding hydrogens is 251 g/mol. The monoisotopic (exact) mass is 270 g/mol. The van der Waals surface area contributed by atoms with Crippen molar-refractivity contribution >= 4 is 5.69 Å². The van der Waals surface area contributed by atoms with Gasteiger partial charge in [0.2, 0.25) is 0 Å². The quantitative estimate of drug-likeness (QED) is 0.886. The predicted molar refractivity (Wildman–Crippen MR) is 80.3 cm³/mol. The Hall–Kier alpha value is -1.87. The largest absolute Gasteiger partial charge is 0.384 e. The minimum atomic E-state index is -0.189. The van der Waals surface area contributed by atoms with E-state index in [9.17, 15) is 4.39 Å². The first-order chi connectivity index (χ1) is 9.74. The Morgan fingerprint density at radius 2 is 2.00 bits per heavy atom. The van der Waals surface area contributed by atoms with Gasteiger partial charge in [0, 0.05) is 24.8 Å². The molecule has 1 unspecified atom stereocenters. The molecule has 1 heterocycles. The first-order valence-corrected chi connectivity index (χ1v) is 7.07. The van der Waals surface area contributed by atoms with Crippen LogP contribution in [0, 0.1) is 5.82 Å². The maximum atomic E-state index is 12.9. The van der Waals surface area contributed by atoms with Gasteiger partial charge in [-0.3, -0.25) is 0 Å². The molecule has 2 nitrogen and oxygen atoms in total. The van der Waals surface area contributed by atoms with E-state index in [0.717, 1.165) is 25.1 Å². The normalized spacial score (nSPS) is 14.7. The summed E-state index contributed by atoms with van der Waals surface area (Å²) in [6.45, 7) is 3.94. The summed E-state index contributed by atoms with van der Waals surface area (Å²) in [5.74, 6) is -0.189. The minimum absolute atomic E-state index is 0.189. The summed E-state index contributed by atoms with van der Waals surface area (Å²) in [5.41, 5.74) is 5.09. The van der Waals surface area contributed by atoms with E-state index < -0.39 is 0 Å². The highest BCUT2D eigenvalue weighted by Gasteiger charge is 2.14. The maximum absolute atomic E-state index is 12.9. The van der Waals surface area contributed by atoms with Crippen LogP contribution >= 0.6 is 0 Å². The number of halogens is 1. The van der Waals surface area contributed by atoms with E-state index in [2.05, 4.69) is 35.8 Å². The van der Waals surface area contributed by atoms with Crippen LogP contribution in [0.1, 0.15) is 29.7 Å². The van der Waals surface area contributed by atoms with E-state index >= 15 is 0 Å². The summed E-state index contributed by atoms with van der Waals surface area (Å²) < 4.78 is 12.9. The smallest absolute Gasteiger partial charge is 0.123 e. The highest BCUT2D eigenvalue weighted by Crippen LogP contribution is 2.26. The number of hydrogen-bond donors (Lipinski definition) is 2. The minimum Gasteiger partial charge on any atom is -0.384 e. The van der Waals surface area contributed by atoms with Gasteiger partial charge in [0.15, 0.2) is 0 Å². The van der Waals surface area contributed by atoms with E-state index in [-0.39, 0.29) is 11.9 Å². The number of para-hydroxylation sites is 1. The molecule has 20 heavy (non-hydrogen) atoms. The van der Waals surface area contributed by atoms with Gasteiger partial charge < -0.3 is 10.6 Å². The van der Waals surface area contributed by atoms with E-state index in [1.54, 1.807) is 0 Å². The molecule has 0 spiro atoms. The van der Waals surface area contributed by atoms with Gasteiger partial charge in [0.1, 0.15) is 5.82 Å². The van der Waals surface area contributed by atoms with Crippen LogP contribution in [0.4, 0.5) is 10.1 Å². The Morgan fingerprint density at radius 3 is 2.80 bits per heavy atom. The molecule has 0 aliphatic carbocycles. The Bertz CT molecular complexity index is 592. The lowest BCUT2D eigenvalue weighted by Gasteiger charge is -2.16. The molecule has 0 fully saturated rings. The number of anilines is 1. The summed E-state index contributed by atoms with van der Waals surface area (Å²) >= 11 is 0. The third kappa shape index (κ3) is 2.68. The van der Waals surface area contributed by atoms with Crippen molar-refractivity contribution in [3.63, 3.8) is 0 Å². The van der Waals surface area contributed by atoms with Crippen LogP contribution in [-0.2, 0) is 13.0 Å². The third-order valence-corrected chi connectivity index (χ3v) is 3.90. The fraction of sp³-hybridized carbons (Fsp3) is 0.294. The zero-order valence-corrected chi connectivity index (χ0v) is 11.6. The molecule has 0 radical (unpaired) electrons. The van der Waals surface area contributed by atoms with Crippen molar-refractivity contribution in [2.75, 3.05) is 11.9 Å². The molecule has 0 saturated heterocycles. The molecular formula is C17H19FN2. The lowest BCUT2D eigenvalue weighted by Crippen LogP contribution is -2.18. The lowest BCUT2D eigenvalue weighted by atomic mass is 10.1. The van der Waals surface area contributed by atoms with Crippen molar-refractivity contribution in [1.82, 2.24) is 5.32 Å². The number of fused-ring (bicyclic) bond motifs is 1. The molecule has 2 aromatic carbocycles.